The first-order valence-corrected chi connectivity index (χ1v) is 10.7. The van der Waals surface area contributed by atoms with E-state index in [-0.39, 0.29) is 18.3 Å². The van der Waals surface area contributed by atoms with Gasteiger partial charge in [0, 0.05) is 5.56 Å². The summed E-state index contributed by atoms with van der Waals surface area (Å²) in [5.74, 6) is 0.593. The number of aryl methyl sites for hydroxylation is 2. The van der Waals surface area contributed by atoms with Crippen molar-refractivity contribution in [2.75, 3.05) is 6.61 Å². The van der Waals surface area contributed by atoms with Gasteiger partial charge in [-0.15, -0.1) is 0 Å². The standard InChI is InChI=1S/C28H27NO3/c1-18-15-19(2)20(3)25(16-18)32-17-26(31)29-28(22-10-5-4-6-11-22)27-23-12-8-7-9-21(23)13-14-24(27)30/h4-16,28,30H,17H2,1-3H3,(H,29,31). The van der Waals surface area contributed by atoms with Gasteiger partial charge in [-0.2, -0.15) is 0 Å². The maximum absolute atomic E-state index is 13.0. The van der Waals surface area contributed by atoms with Crippen molar-refractivity contribution in [3.05, 3.63) is 107 Å². The lowest BCUT2D eigenvalue weighted by atomic mass is 9.92. The Morgan fingerprint density at radius 1 is 0.938 bits per heavy atom. The number of ether oxygens (including phenoxy) is 1. The van der Waals surface area contributed by atoms with Crippen molar-refractivity contribution in [1.82, 2.24) is 5.32 Å². The Morgan fingerprint density at radius 2 is 1.66 bits per heavy atom. The zero-order valence-electron chi connectivity index (χ0n) is 18.6. The van der Waals surface area contributed by atoms with E-state index in [1.165, 1.54) is 0 Å². The molecule has 1 unspecified atom stereocenters. The van der Waals surface area contributed by atoms with Crippen molar-refractivity contribution in [2.45, 2.75) is 26.8 Å². The second-order valence-corrected chi connectivity index (χ2v) is 8.12. The van der Waals surface area contributed by atoms with Crippen LogP contribution in [0.4, 0.5) is 0 Å². The van der Waals surface area contributed by atoms with Crippen LogP contribution in [0.15, 0.2) is 78.9 Å². The quantitative estimate of drug-likeness (QED) is 0.413. The number of nitrogens with one attached hydrogen (secondary N) is 1. The van der Waals surface area contributed by atoms with Gasteiger partial charge in [0.05, 0.1) is 6.04 Å². The van der Waals surface area contributed by atoms with Crippen molar-refractivity contribution in [2.24, 2.45) is 0 Å². The van der Waals surface area contributed by atoms with E-state index >= 15 is 0 Å². The summed E-state index contributed by atoms with van der Waals surface area (Å²) in [4.78, 5) is 13.0. The van der Waals surface area contributed by atoms with Crippen molar-refractivity contribution >= 4 is 16.7 Å². The lowest BCUT2D eigenvalue weighted by Crippen LogP contribution is -2.33. The van der Waals surface area contributed by atoms with E-state index in [4.69, 9.17) is 4.74 Å². The first-order chi connectivity index (χ1) is 15.4. The fraction of sp³-hybridized carbons (Fsp3) is 0.179. The van der Waals surface area contributed by atoms with Crippen LogP contribution in [-0.2, 0) is 4.79 Å². The topological polar surface area (TPSA) is 58.6 Å². The van der Waals surface area contributed by atoms with Crippen molar-refractivity contribution < 1.29 is 14.6 Å². The molecular formula is C28H27NO3. The molecule has 0 aliphatic rings. The third kappa shape index (κ3) is 4.45. The highest BCUT2D eigenvalue weighted by molar-refractivity contribution is 5.89. The highest BCUT2D eigenvalue weighted by Crippen LogP contribution is 2.35. The molecule has 0 aromatic heterocycles. The van der Waals surface area contributed by atoms with E-state index in [9.17, 15) is 9.90 Å². The molecule has 0 radical (unpaired) electrons. The number of rotatable bonds is 6. The normalized spacial score (nSPS) is 11.8. The van der Waals surface area contributed by atoms with Gasteiger partial charge in [0.1, 0.15) is 11.5 Å². The molecule has 0 fully saturated rings. The van der Waals surface area contributed by atoms with Crippen LogP contribution in [0.5, 0.6) is 11.5 Å². The molecule has 162 valence electrons. The predicted molar refractivity (Wildman–Crippen MR) is 128 cm³/mol. The summed E-state index contributed by atoms with van der Waals surface area (Å²) in [7, 11) is 0. The van der Waals surface area contributed by atoms with Crippen LogP contribution in [0.25, 0.3) is 10.8 Å². The summed E-state index contributed by atoms with van der Waals surface area (Å²) in [5, 5.41) is 15.7. The highest BCUT2D eigenvalue weighted by Gasteiger charge is 2.22. The molecule has 4 heteroatoms. The summed E-state index contributed by atoms with van der Waals surface area (Å²) in [6.45, 7) is 5.92. The third-order valence-corrected chi connectivity index (χ3v) is 5.80. The van der Waals surface area contributed by atoms with Crippen LogP contribution in [0, 0.1) is 20.8 Å². The SMILES string of the molecule is Cc1cc(C)c(C)c(OCC(=O)NC(c2ccccc2)c2c(O)ccc3ccccc23)c1. The fourth-order valence-corrected chi connectivity index (χ4v) is 4.05. The summed E-state index contributed by atoms with van der Waals surface area (Å²) in [5.41, 5.74) is 4.80. The van der Waals surface area contributed by atoms with Gasteiger partial charge in [-0.1, -0.05) is 66.7 Å². The minimum atomic E-state index is -0.515. The van der Waals surface area contributed by atoms with Crippen LogP contribution < -0.4 is 10.1 Å². The predicted octanol–water partition coefficient (Wildman–Crippen LogP) is 5.76. The number of carbonyl (C=O) groups is 1. The Bertz CT molecular complexity index is 1260. The Labute approximate surface area is 188 Å². The Morgan fingerprint density at radius 3 is 2.44 bits per heavy atom. The molecule has 1 amide bonds. The van der Waals surface area contributed by atoms with E-state index in [2.05, 4.69) is 11.4 Å². The Kier molecular flexibility index (Phi) is 6.13. The molecule has 0 saturated carbocycles. The smallest absolute Gasteiger partial charge is 0.258 e. The minimum Gasteiger partial charge on any atom is -0.508 e. The molecule has 1 atom stereocenters. The zero-order chi connectivity index (χ0) is 22.7. The summed E-state index contributed by atoms with van der Waals surface area (Å²) >= 11 is 0. The maximum Gasteiger partial charge on any atom is 0.258 e. The van der Waals surface area contributed by atoms with Crippen LogP contribution in [0.2, 0.25) is 0 Å². The molecule has 0 aliphatic carbocycles. The first kappa shape index (κ1) is 21.4. The second-order valence-electron chi connectivity index (χ2n) is 8.12. The molecule has 2 N–H and O–H groups in total. The molecule has 0 spiro atoms. The maximum atomic E-state index is 13.0. The molecule has 0 heterocycles. The number of fused-ring (bicyclic) bond motifs is 1. The number of carbonyl (C=O) groups excluding carboxylic acids is 1. The van der Waals surface area contributed by atoms with Gasteiger partial charge >= 0.3 is 0 Å². The number of phenols is 1. The molecule has 0 saturated heterocycles. The number of aromatic hydroxyl groups is 1. The molecule has 4 rings (SSSR count). The number of amides is 1. The van der Waals surface area contributed by atoms with Crippen molar-refractivity contribution in [3.8, 4) is 11.5 Å². The molecule has 4 aromatic carbocycles. The highest BCUT2D eigenvalue weighted by atomic mass is 16.5. The summed E-state index contributed by atoms with van der Waals surface area (Å²) in [6, 6.07) is 24.6. The monoisotopic (exact) mass is 425 g/mol. The molecule has 32 heavy (non-hydrogen) atoms. The van der Waals surface area contributed by atoms with Crippen molar-refractivity contribution in [1.29, 1.82) is 0 Å². The van der Waals surface area contributed by atoms with Crippen LogP contribution >= 0.6 is 0 Å². The lowest BCUT2D eigenvalue weighted by molar-refractivity contribution is -0.123. The minimum absolute atomic E-state index is 0.113. The zero-order valence-corrected chi connectivity index (χ0v) is 18.6. The van der Waals surface area contributed by atoms with Crippen LogP contribution in [0.1, 0.15) is 33.9 Å². The van der Waals surface area contributed by atoms with Gasteiger partial charge in [-0.3, -0.25) is 4.79 Å². The van der Waals surface area contributed by atoms with E-state index in [1.807, 2.05) is 87.5 Å². The van der Waals surface area contributed by atoms with E-state index in [0.29, 0.717) is 11.3 Å². The van der Waals surface area contributed by atoms with Crippen LogP contribution in [-0.4, -0.2) is 17.6 Å². The van der Waals surface area contributed by atoms with Gasteiger partial charge in [0.25, 0.3) is 5.91 Å². The number of hydrogen-bond donors (Lipinski definition) is 2. The molecule has 0 bridgehead atoms. The molecule has 4 aromatic rings. The number of phenolic OH excluding ortho intramolecular Hbond substituents is 1. The molecule has 0 aliphatic heterocycles. The van der Waals surface area contributed by atoms with Gasteiger partial charge in [0.15, 0.2) is 6.61 Å². The van der Waals surface area contributed by atoms with Gasteiger partial charge in [0.2, 0.25) is 0 Å². The number of hydrogen-bond acceptors (Lipinski definition) is 3. The lowest BCUT2D eigenvalue weighted by Gasteiger charge is -2.23. The largest absolute Gasteiger partial charge is 0.508 e. The van der Waals surface area contributed by atoms with E-state index in [1.54, 1.807) is 6.07 Å². The summed E-state index contributed by atoms with van der Waals surface area (Å²) in [6.07, 6.45) is 0. The number of benzene rings is 4. The van der Waals surface area contributed by atoms with Gasteiger partial charge in [-0.25, -0.2) is 0 Å². The van der Waals surface area contributed by atoms with Gasteiger partial charge < -0.3 is 15.2 Å². The van der Waals surface area contributed by atoms with Crippen LogP contribution in [0.3, 0.4) is 0 Å². The molecule has 4 nitrogen and oxygen atoms in total. The second kappa shape index (κ2) is 9.15. The fourth-order valence-electron chi connectivity index (χ4n) is 4.05. The Hall–Kier alpha value is -3.79. The Balaban J connectivity index is 1.65. The first-order valence-electron chi connectivity index (χ1n) is 10.7. The summed E-state index contributed by atoms with van der Waals surface area (Å²) < 4.78 is 5.88. The van der Waals surface area contributed by atoms with E-state index < -0.39 is 6.04 Å². The van der Waals surface area contributed by atoms with Gasteiger partial charge in [-0.05, 0) is 65.9 Å². The molecular weight excluding hydrogens is 398 g/mol. The van der Waals surface area contributed by atoms with E-state index in [0.717, 1.165) is 33.0 Å². The average Bonchev–Trinajstić information content (AvgIpc) is 2.80. The third-order valence-electron chi connectivity index (χ3n) is 5.80. The van der Waals surface area contributed by atoms with Crippen molar-refractivity contribution in [3.63, 3.8) is 0 Å². The average molecular weight is 426 g/mol.